The Morgan fingerprint density at radius 1 is 1.50 bits per heavy atom. The molecule has 0 aliphatic rings. The van der Waals surface area contributed by atoms with Gasteiger partial charge in [-0.3, -0.25) is 0 Å². The number of rotatable bonds is 5. The number of sulfonamides is 1. The molecule has 0 atom stereocenters. The second-order valence-electron chi connectivity index (χ2n) is 4.10. The van der Waals surface area contributed by atoms with E-state index >= 15 is 0 Å². The van der Waals surface area contributed by atoms with Crippen molar-refractivity contribution in [3.8, 4) is 0 Å². The Hall–Kier alpha value is -1.71. The molecule has 2 aromatic rings. The molecule has 0 aliphatic heterocycles. The molecule has 7 nitrogen and oxygen atoms in total. The van der Waals surface area contributed by atoms with Crippen molar-refractivity contribution in [1.82, 2.24) is 14.3 Å². The van der Waals surface area contributed by atoms with E-state index in [9.17, 15) is 13.2 Å². The smallest absolute Gasteiger partial charge is 0.352 e. The van der Waals surface area contributed by atoms with Crippen molar-refractivity contribution in [1.29, 1.82) is 0 Å². The van der Waals surface area contributed by atoms with Crippen molar-refractivity contribution in [2.45, 2.75) is 18.5 Å². The van der Waals surface area contributed by atoms with E-state index in [2.05, 4.69) is 9.71 Å². The minimum absolute atomic E-state index is 0.0697. The molecular weight excluding hydrogens is 302 g/mol. The van der Waals surface area contributed by atoms with E-state index in [1.165, 1.54) is 30.5 Å². The van der Waals surface area contributed by atoms with E-state index in [1.54, 1.807) is 5.38 Å². The zero-order valence-electron chi connectivity index (χ0n) is 10.8. The Kier molecular flexibility index (Phi) is 3.93. The summed E-state index contributed by atoms with van der Waals surface area (Å²) in [4.78, 5) is 15.1. The van der Waals surface area contributed by atoms with Crippen LogP contribution in [0.1, 0.15) is 21.2 Å². The third-order valence-electron chi connectivity index (χ3n) is 2.68. The molecule has 2 rings (SSSR count). The molecule has 0 saturated carbocycles. The van der Waals surface area contributed by atoms with E-state index in [4.69, 9.17) is 5.11 Å². The van der Waals surface area contributed by atoms with Crippen LogP contribution in [0.5, 0.6) is 0 Å². The molecule has 0 spiro atoms. The number of nitrogens with zero attached hydrogens (tertiary/aromatic N) is 2. The normalized spacial score (nSPS) is 11.7. The summed E-state index contributed by atoms with van der Waals surface area (Å²) in [5.41, 5.74) is 0.540. The second-order valence-corrected chi connectivity index (χ2v) is 6.88. The molecule has 0 amide bonds. The van der Waals surface area contributed by atoms with Gasteiger partial charge in [0, 0.05) is 12.4 Å². The van der Waals surface area contributed by atoms with Crippen LogP contribution in [0.15, 0.2) is 22.5 Å². The minimum atomic E-state index is -3.78. The number of hydrogen-bond acceptors (Lipinski definition) is 5. The predicted octanol–water partition coefficient (Wildman–Crippen LogP) is 0.967. The number of hydrogen-bond donors (Lipinski definition) is 2. The molecule has 0 fully saturated rings. The van der Waals surface area contributed by atoms with Gasteiger partial charge in [-0.2, -0.15) is 0 Å². The van der Waals surface area contributed by atoms with Crippen LogP contribution in [0, 0.1) is 6.92 Å². The van der Waals surface area contributed by atoms with Crippen LogP contribution in [0.4, 0.5) is 0 Å². The summed E-state index contributed by atoms with van der Waals surface area (Å²) >= 11 is 1.43. The number of aromatic carboxylic acids is 1. The molecule has 2 aromatic heterocycles. The van der Waals surface area contributed by atoms with Crippen LogP contribution in [0.25, 0.3) is 0 Å². The maximum Gasteiger partial charge on any atom is 0.352 e. The first-order valence-corrected chi connectivity index (χ1v) is 7.97. The SMILES string of the molecule is Cc1nc(CNS(=O)(=O)c2ccc(C(=O)O)n2C)cs1. The Bertz CT molecular complexity index is 746. The lowest BCUT2D eigenvalue weighted by molar-refractivity contribution is 0.0685. The average molecular weight is 315 g/mol. The van der Waals surface area contributed by atoms with Crippen molar-refractivity contribution in [3.63, 3.8) is 0 Å². The molecule has 0 saturated heterocycles. The minimum Gasteiger partial charge on any atom is -0.477 e. The number of carboxylic acid groups (broad SMARTS) is 1. The van der Waals surface area contributed by atoms with Gasteiger partial charge < -0.3 is 9.67 Å². The van der Waals surface area contributed by atoms with Gasteiger partial charge >= 0.3 is 5.97 Å². The van der Waals surface area contributed by atoms with Gasteiger partial charge in [0.15, 0.2) is 5.03 Å². The van der Waals surface area contributed by atoms with Crippen LogP contribution >= 0.6 is 11.3 Å². The first-order valence-electron chi connectivity index (χ1n) is 5.61. The zero-order chi connectivity index (χ0) is 14.9. The average Bonchev–Trinajstić information content (AvgIpc) is 2.93. The molecule has 9 heteroatoms. The maximum absolute atomic E-state index is 12.1. The van der Waals surface area contributed by atoms with Crippen LogP contribution < -0.4 is 4.72 Å². The molecule has 0 aromatic carbocycles. The van der Waals surface area contributed by atoms with E-state index in [0.29, 0.717) is 5.69 Å². The number of aromatic nitrogens is 2. The molecule has 0 unspecified atom stereocenters. The summed E-state index contributed by atoms with van der Waals surface area (Å²) in [6.45, 7) is 1.90. The number of aryl methyl sites for hydroxylation is 1. The van der Waals surface area contributed by atoms with Gasteiger partial charge in [-0.15, -0.1) is 11.3 Å². The predicted molar refractivity (Wildman–Crippen MR) is 73.2 cm³/mol. The summed E-state index contributed by atoms with van der Waals surface area (Å²) in [5, 5.41) is 11.4. The van der Waals surface area contributed by atoms with Gasteiger partial charge in [0.1, 0.15) is 5.69 Å². The lowest BCUT2D eigenvalue weighted by Gasteiger charge is -2.07. The first-order chi connectivity index (χ1) is 9.31. The number of thiazole rings is 1. The number of nitrogens with one attached hydrogen (secondary N) is 1. The van der Waals surface area contributed by atoms with Crippen LogP contribution in [-0.2, 0) is 23.6 Å². The molecule has 0 bridgehead atoms. The molecule has 2 heterocycles. The van der Waals surface area contributed by atoms with Gasteiger partial charge in [-0.05, 0) is 19.1 Å². The zero-order valence-corrected chi connectivity index (χ0v) is 12.5. The maximum atomic E-state index is 12.1. The van der Waals surface area contributed by atoms with E-state index in [1.807, 2.05) is 6.92 Å². The van der Waals surface area contributed by atoms with Crippen molar-refractivity contribution in [2.24, 2.45) is 7.05 Å². The van der Waals surface area contributed by atoms with Crippen molar-refractivity contribution >= 4 is 27.3 Å². The van der Waals surface area contributed by atoms with Gasteiger partial charge in [-0.1, -0.05) is 0 Å². The molecular formula is C11H13N3O4S2. The highest BCUT2D eigenvalue weighted by atomic mass is 32.2. The van der Waals surface area contributed by atoms with Gasteiger partial charge in [-0.25, -0.2) is 22.9 Å². The van der Waals surface area contributed by atoms with Crippen molar-refractivity contribution < 1.29 is 18.3 Å². The number of carboxylic acids is 1. The monoisotopic (exact) mass is 315 g/mol. The van der Waals surface area contributed by atoms with Crippen molar-refractivity contribution in [3.05, 3.63) is 33.9 Å². The van der Waals surface area contributed by atoms with Gasteiger partial charge in [0.05, 0.1) is 17.2 Å². The Balaban J connectivity index is 2.20. The quantitative estimate of drug-likeness (QED) is 0.856. The molecule has 0 aliphatic carbocycles. The summed E-state index contributed by atoms with van der Waals surface area (Å²) in [5.74, 6) is -1.18. The molecule has 2 N–H and O–H groups in total. The Morgan fingerprint density at radius 2 is 2.20 bits per heavy atom. The van der Waals surface area contributed by atoms with Crippen molar-refractivity contribution in [2.75, 3.05) is 0 Å². The lowest BCUT2D eigenvalue weighted by Crippen LogP contribution is -2.25. The molecule has 20 heavy (non-hydrogen) atoms. The second kappa shape index (κ2) is 5.35. The third-order valence-corrected chi connectivity index (χ3v) is 4.99. The fourth-order valence-corrected chi connectivity index (χ4v) is 3.51. The van der Waals surface area contributed by atoms with E-state index in [0.717, 1.165) is 9.57 Å². The fourth-order valence-electron chi connectivity index (χ4n) is 1.71. The third kappa shape index (κ3) is 2.89. The summed E-state index contributed by atoms with van der Waals surface area (Å²) in [6, 6.07) is 2.52. The first kappa shape index (κ1) is 14.7. The lowest BCUT2D eigenvalue weighted by atomic mass is 10.4. The van der Waals surface area contributed by atoms with Gasteiger partial charge in [0.2, 0.25) is 0 Å². The highest BCUT2D eigenvalue weighted by Crippen LogP contribution is 2.14. The highest BCUT2D eigenvalue weighted by Gasteiger charge is 2.21. The van der Waals surface area contributed by atoms with E-state index in [-0.39, 0.29) is 17.3 Å². The largest absolute Gasteiger partial charge is 0.477 e. The Morgan fingerprint density at radius 3 is 2.70 bits per heavy atom. The van der Waals surface area contributed by atoms with Crippen LogP contribution in [-0.4, -0.2) is 29.0 Å². The Labute approximate surface area is 119 Å². The number of carbonyl (C=O) groups is 1. The summed E-state index contributed by atoms with van der Waals surface area (Å²) in [6.07, 6.45) is 0. The van der Waals surface area contributed by atoms with Gasteiger partial charge in [0.25, 0.3) is 10.0 Å². The van der Waals surface area contributed by atoms with Crippen LogP contribution in [0.3, 0.4) is 0 Å². The summed E-state index contributed by atoms with van der Waals surface area (Å²) < 4.78 is 27.8. The molecule has 108 valence electrons. The topological polar surface area (TPSA) is 101 Å². The molecule has 0 radical (unpaired) electrons. The standard InChI is InChI=1S/C11H13N3O4S2/c1-7-13-8(6-19-7)5-12-20(17,18)10-4-3-9(11(15)16)14(10)2/h3-4,6,12H,5H2,1-2H3,(H,15,16). The summed E-state index contributed by atoms with van der Waals surface area (Å²) in [7, 11) is -2.38. The van der Waals surface area contributed by atoms with E-state index < -0.39 is 16.0 Å². The van der Waals surface area contributed by atoms with Crippen LogP contribution in [0.2, 0.25) is 0 Å². The highest BCUT2D eigenvalue weighted by molar-refractivity contribution is 7.89. The fraction of sp³-hybridized carbons (Fsp3) is 0.273.